The number of carbonyl (C=O) groups is 2. The Labute approximate surface area is 110 Å². The van der Waals surface area contributed by atoms with Gasteiger partial charge in [-0.1, -0.05) is 5.16 Å². The summed E-state index contributed by atoms with van der Waals surface area (Å²) in [5.74, 6) is -0.561. The summed E-state index contributed by atoms with van der Waals surface area (Å²) < 4.78 is 5.24. The van der Waals surface area contributed by atoms with E-state index in [-0.39, 0.29) is 24.2 Å². The number of amides is 2. The first-order valence-electron chi connectivity index (χ1n) is 6.22. The molecule has 0 spiro atoms. The lowest BCUT2D eigenvalue weighted by Gasteiger charge is -2.39. The van der Waals surface area contributed by atoms with Gasteiger partial charge in [-0.05, 0) is 12.8 Å². The fourth-order valence-electron chi connectivity index (χ4n) is 2.51. The van der Waals surface area contributed by atoms with E-state index in [2.05, 4.69) is 10.5 Å². The van der Waals surface area contributed by atoms with Gasteiger partial charge in [-0.25, -0.2) is 0 Å². The minimum Gasteiger partial charge on any atom is -0.409 e. The van der Waals surface area contributed by atoms with E-state index >= 15 is 0 Å². The number of oxime groups is 1. The molecule has 0 unspecified atom stereocenters. The van der Waals surface area contributed by atoms with Gasteiger partial charge in [-0.15, -0.1) is 0 Å². The molecule has 106 valence electrons. The number of piperazine rings is 1. The lowest BCUT2D eigenvalue weighted by molar-refractivity contribution is -0.147. The lowest BCUT2D eigenvalue weighted by Crippen LogP contribution is -2.58. The standard InChI is InChI=1S/C11H18N4O4/c12-9(14-18)11(1-5-19-6-2-11)10(17)15-4-3-13-8(16)7-15/h18H,1-7H2,(H2,12,14)(H,13,16). The Morgan fingerprint density at radius 3 is 2.74 bits per heavy atom. The number of nitrogens with two attached hydrogens (primary N) is 1. The largest absolute Gasteiger partial charge is 0.409 e. The number of hydrogen-bond donors (Lipinski definition) is 3. The van der Waals surface area contributed by atoms with Crippen molar-refractivity contribution in [3.63, 3.8) is 0 Å². The second kappa shape index (κ2) is 5.43. The van der Waals surface area contributed by atoms with E-state index in [1.807, 2.05) is 0 Å². The maximum absolute atomic E-state index is 12.6. The highest BCUT2D eigenvalue weighted by atomic mass is 16.5. The zero-order valence-corrected chi connectivity index (χ0v) is 10.6. The van der Waals surface area contributed by atoms with Gasteiger partial charge in [0.25, 0.3) is 0 Å². The maximum Gasteiger partial charge on any atom is 0.239 e. The fraction of sp³-hybridized carbons (Fsp3) is 0.727. The molecule has 0 aromatic carbocycles. The van der Waals surface area contributed by atoms with Crippen LogP contribution in [0.25, 0.3) is 0 Å². The molecule has 0 atom stereocenters. The van der Waals surface area contributed by atoms with Crippen LogP contribution in [0.3, 0.4) is 0 Å². The van der Waals surface area contributed by atoms with Gasteiger partial charge in [-0.2, -0.15) is 0 Å². The van der Waals surface area contributed by atoms with Crippen LogP contribution in [0.4, 0.5) is 0 Å². The molecule has 8 heteroatoms. The van der Waals surface area contributed by atoms with Crippen LogP contribution < -0.4 is 11.1 Å². The van der Waals surface area contributed by atoms with Crippen molar-refractivity contribution < 1.29 is 19.5 Å². The number of rotatable bonds is 2. The van der Waals surface area contributed by atoms with E-state index in [0.717, 1.165) is 0 Å². The fourth-order valence-corrected chi connectivity index (χ4v) is 2.51. The third-order valence-electron chi connectivity index (χ3n) is 3.68. The first kappa shape index (κ1) is 13.6. The Kier molecular flexibility index (Phi) is 3.89. The number of nitrogens with one attached hydrogen (secondary N) is 1. The number of ether oxygens (including phenoxy) is 1. The summed E-state index contributed by atoms with van der Waals surface area (Å²) >= 11 is 0. The molecule has 0 aromatic rings. The second-order valence-electron chi connectivity index (χ2n) is 4.76. The summed E-state index contributed by atoms with van der Waals surface area (Å²) in [6.45, 7) is 1.63. The van der Waals surface area contributed by atoms with Gasteiger partial charge in [0, 0.05) is 26.3 Å². The smallest absolute Gasteiger partial charge is 0.239 e. The minimum absolute atomic E-state index is 0.0140. The van der Waals surface area contributed by atoms with Crippen molar-refractivity contribution >= 4 is 17.6 Å². The molecular formula is C11H18N4O4. The summed E-state index contributed by atoms with van der Waals surface area (Å²) in [5.41, 5.74) is 4.67. The molecule has 2 saturated heterocycles. The lowest BCUT2D eigenvalue weighted by atomic mass is 9.77. The third kappa shape index (κ3) is 2.48. The highest BCUT2D eigenvalue weighted by Gasteiger charge is 2.47. The Morgan fingerprint density at radius 1 is 1.47 bits per heavy atom. The monoisotopic (exact) mass is 270 g/mol. The van der Waals surface area contributed by atoms with Crippen molar-refractivity contribution in [1.29, 1.82) is 0 Å². The summed E-state index contributed by atoms with van der Waals surface area (Å²) in [6.07, 6.45) is 0.722. The van der Waals surface area contributed by atoms with Crippen LogP contribution >= 0.6 is 0 Å². The zero-order chi connectivity index (χ0) is 13.9. The van der Waals surface area contributed by atoms with E-state index in [1.165, 1.54) is 4.90 Å². The summed E-state index contributed by atoms with van der Waals surface area (Å²) in [4.78, 5) is 25.5. The van der Waals surface area contributed by atoms with Crippen LogP contribution in [0.5, 0.6) is 0 Å². The summed E-state index contributed by atoms with van der Waals surface area (Å²) in [5, 5.41) is 14.6. The van der Waals surface area contributed by atoms with Crippen molar-refractivity contribution in [3.8, 4) is 0 Å². The molecule has 2 aliphatic heterocycles. The average Bonchev–Trinajstić information content (AvgIpc) is 2.46. The quantitative estimate of drug-likeness (QED) is 0.244. The number of carbonyl (C=O) groups excluding carboxylic acids is 2. The number of amidine groups is 1. The third-order valence-corrected chi connectivity index (χ3v) is 3.68. The Bertz CT molecular complexity index is 403. The van der Waals surface area contributed by atoms with Crippen molar-refractivity contribution in [2.24, 2.45) is 16.3 Å². The van der Waals surface area contributed by atoms with E-state index in [0.29, 0.717) is 39.1 Å². The van der Waals surface area contributed by atoms with E-state index in [1.54, 1.807) is 0 Å². The molecule has 2 rings (SSSR count). The summed E-state index contributed by atoms with van der Waals surface area (Å²) in [7, 11) is 0. The van der Waals surface area contributed by atoms with Crippen LogP contribution in [0.1, 0.15) is 12.8 Å². The molecule has 2 amide bonds. The molecule has 0 aromatic heterocycles. The van der Waals surface area contributed by atoms with Crippen LogP contribution in [0.15, 0.2) is 5.16 Å². The van der Waals surface area contributed by atoms with Crippen molar-refractivity contribution in [3.05, 3.63) is 0 Å². The Balaban J connectivity index is 2.22. The predicted octanol–water partition coefficient (Wildman–Crippen LogP) is -1.51. The molecule has 0 saturated carbocycles. The van der Waals surface area contributed by atoms with Gasteiger partial charge < -0.3 is 25.9 Å². The number of hydrogen-bond acceptors (Lipinski definition) is 5. The molecule has 0 bridgehead atoms. The van der Waals surface area contributed by atoms with E-state index in [4.69, 9.17) is 15.7 Å². The van der Waals surface area contributed by atoms with Crippen LogP contribution in [0.2, 0.25) is 0 Å². The molecule has 19 heavy (non-hydrogen) atoms. The van der Waals surface area contributed by atoms with Gasteiger partial charge in [0.2, 0.25) is 11.8 Å². The average molecular weight is 270 g/mol. The van der Waals surface area contributed by atoms with E-state index < -0.39 is 5.41 Å². The van der Waals surface area contributed by atoms with Gasteiger partial charge in [0.05, 0.1) is 6.54 Å². The first-order valence-corrected chi connectivity index (χ1v) is 6.22. The second-order valence-corrected chi connectivity index (χ2v) is 4.76. The van der Waals surface area contributed by atoms with Gasteiger partial charge in [0.1, 0.15) is 5.41 Å². The van der Waals surface area contributed by atoms with Crippen molar-refractivity contribution in [1.82, 2.24) is 10.2 Å². The van der Waals surface area contributed by atoms with Crippen LogP contribution in [0, 0.1) is 5.41 Å². The normalized spacial score (nSPS) is 23.9. The Morgan fingerprint density at radius 2 is 2.16 bits per heavy atom. The molecule has 2 aliphatic rings. The van der Waals surface area contributed by atoms with Gasteiger partial charge >= 0.3 is 0 Å². The molecule has 0 radical (unpaired) electrons. The molecule has 0 aliphatic carbocycles. The molecule has 2 fully saturated rings. The SMILES string of the molecule is NC(=NO)C1(C(=O)N2CCNC(=O)C2)CCOCC1. The summed E-state index contributed by atoms with van der Waals surface area (Å²) in [6, 6.07) is 0. The highest BCUT2D eigenvalue weighted by Crippen LogP contribution is 2.33. The van der Waals surface area contributed by atoms with Crippen molar-refractivity contribution in [2.45, 2.75) is 12.8 Å². The van der Waals surface area contributed by atoms with Gasteiger partial charge in [-0.3, -0.25) is 9.59 Å². The zero-order valence-electron chi connectivity index (χ0n) is 10.6. The van der Waals surface area contributed by atoms with Gasteiger partial charge in [0.15, 0.2) is 5.84 Å². The number of nitrogens with zero attached hydrogens (tertiary/aromatic N) is 2. The highest BCUT2D eigenvalue weighted by molar-refractivity contribution is 6.07. The molecule has 8 nitrogen and oxygen atoms in total. The first-order chi connectivity index (χ1) is 9.10. The van der Waals surface area contributed by atoms with Crippen LogP contribution in [-0.2, 0) is 14.3 Å². The topological polar surface area (TPSA) is 117 Å². The van der Waals surface area contributed by atoms with Crippen LogP contribution in [-0.4, -0.2) is 60.6 Å². The van der Waals surface area contributed by atoms with E-state index in [9.17, 15) is 9.59 Å². The predicted molar refractivity (Wildman–Crippen MR) is 65.5 cm³/mol. The molecule has 2 heterocycles. The maximum atomic E-state index is 12.6. The molecule has 4 N–H and O–H groups in total. The van der Waals surface area contributed by atoms with Crippen molar-refractivity contribution in [2.75, 3.05) is 32.8 Å². The minimum atomic E-state index is -1.05. The molecular weight excluding hydrogens is 252 g/mol. The Hall–Kier alpha value is -1.83.